The van der Waals surface area contributed by atoms with E-state index in [2.05, 4.69) is 30.6 Å². The van der Waals surface area contributed by atoms with Crippen LogP contribution in [-0.2, 0) is 24.6 Å². The number of fused-ring (bicyclic) bond motifs is 1. The Kier molecular flexibility index (Phi) is 7.69. The fourth-order valence-corrected chi connectivity index (χ4v) is 4.82. The number of H-pyrrole nitrogens is 1. The van der Waals surface area contributed by atoms with Crippen molar-refractivity contribution in [1.82, 2.24) is 29.5 Å². The quantitative estimate of drug-likeness (QED) is 0.267. The Balaban J connectivity index is 1.25. The topological polar surface area (TPSA) is 137 Å². The zero-order valence-corrected chi connectivity index (χ0v) is 22.5. The second-order valence-electron chi connectivity index (χ2n) is 10.1. The van der Waals surface area contributed by atoms with Crippen LogP contribution in [0.1, 0.15) is 11.1 Å². The number of nitrogens with one attached hydrogen (secondary N) is 3. The number of benzene rings is 2. The number of carbonyl (C=O) groups excluding carboxylic acids is 1. The van der Waals surface area contributed by atoms with Crippen molar-refractivity contribution in [3.8, 4) is 11.3 Å². The monoisotopic (exact) mass is 569 g/mol. The first-order chi connectivity index (χ1) is 19.5. The SMILES string of the molecule is CN1CCN(Cc2ccc(NCC(=O)Nc3cc(-c4ccc5nc(N)[nH]c(=O)c5c4)n(C)n3)cc2C(F)(F)F)CC1. The van der Waals surface area contributed by atoms with Gasteiger partial charge in [-0.2, -0.15) is 18.3 Å². The molecule has 0 bridgehead atoms. The molecule has 0 aliphatic carbocycles. The summed E-state index contributed by atoms with van der Waals surface area (Å²) in [6.07, 6.45) is -4.53. The minimum absolute atomic E-state index is 0.0191. The van der Waals surface area contributed by atoms with Gasteiger partial charge in [0.05, 0.1) is 28.7 Å². The molecule has 1 aliphatic rings. The van der Waals surface area contributed by atoms with Crippen molar-refractivity contribution in [2.24, 2.45) is 7.05 Å². The third-order valence-corrected chi connectivity index (χ3v) is 7.02. The summed E-state index contributed by atoms with van der Waals surface area (Å²) in [6.45, 7) is 2.97. The number of nitrogen functional groups attached to an aromatic ring is 1. The van der Waals surface area contributed by atoms with E-state index in [0.29, 0.717) is 35.2 Å². The first kappa shape index (κ1) is 28.1. The van der Waals surface area contributed by atoms with Crippen LogP contribution in [0, 0.1) is 0 Å². The van der Waals surface area contributed by atoms with Crippen molar-refractivity contribution < 1.29 is 18.0 Å². The number of aromatic nitrogens is 4. The van der Waals surface area contributed by atoms with Crippen LogP contribution in [0.3, 0.4) is 0 Å². The second-order valence-corrected chi connectivity index (χ2v) is 10.1. The Bertz CT molecular complexity index is 1640. The largest absolute Gasteiger partial charge is 0.416 e. The molecule has 1 amide bonds. The summed E-state index contributed by atoms with van der Waals surface area (Å²) < 4.78 is 43.1. The van der Waals surface area contributed by atoms with Crippen LogP contribution < -0.4 is 21.9 Å². The molecule has 1 aliphatic heterocycles. The number of nitrogens with two attached hydrogens (primary N) is 1. The Morgan fingerprint density at radius 2 is 1.83 bits per heavy atom. The summed E-state index contributed by atoms with van der Waals surface area (Å²) in [4.78, 5) is 35.6. The molecule has 41 heavy (non-hydrogen) atoms. The maximum atomic E-state index is 13.9. The zero-order valence-electron chi connectivity index (χ0n) is 22.5. The molecule has 2 aromatic carbocycles. The Labute approximate surface area is 233 Å². The smallest absolute Gasteiger partial charge is 0.376 e. The average Bonchev–Trinajstić information content (AvgIpc) is 3.28. The van der Waals surface area contributed by atoms with Gasteiger partial charge in [0.25, 0.3) is 5.56 Å². The number of anilines is 3. The van der Waals surface area contributed by atoms with Gasteiger partial charge < -0.3 is 21.3 Å². The number of hydrogen-bond donors (Lipinski definition) is 4. The molecule has 216 valence electrons. The van der Waals surface area contributed by atoms with Gasteiger partial charge in [-0.15, -0.1) is 0 Å². The number of aryl methyl sites for hydroxylation is 1. The van der Waals surface area contributed by atoms with Gasteiger partial charge in [-0.25, -0.2) is 4.98 Å². The molecule has 0 atom stereocenters. The summed E-state index contributed by atoms with van der Waals surface area (Å²) in [5.74, 6) is -0.220. The number of amides is 1. The number of likely N-dealkylation sites (N-methyl/N-ethyl adjacent to an activating group) is 1. The van der Waals surface area contributed by atoms with Crippen molar-refractivity contribution in [2.75, 3.05) is 56.1 Å². The van der Waals surface area contributed by atoms with E-state index in [1.165, 1.54) is 10.7 Å². The summed E-state index contributed by atoms with van der Waals surface area (Å²) >= 11 is 0. The lowest BCUT2D eigenvalue weighted by atomic mass is 10.0. The molecular formula is C27H30F3N9O2. The first-order valence-electron chi connectivity index (χ1n) is 12.9. The molecular weight excluding hydrogens is 539 g/mol. The van der Waals surface area contributed by atoms with Gasteiger partial charge in [0.15, 0.2) is 5.82 Å². The third-order valence-electron chi connectivity index (χ3n) is 7.02. The van der Waals surface area contributed by atoms with Crippen LogP contribution >= 0.6 is 0 Å². The maximum Gasteiger partial charge on any atom is 0.416 e. The molecule has 5 rings (SSSR count). The number of hydrogen-bond acceptors (Lipinski definition) is 8. The molecule has 11 nitrogen and oxygen atoms in total. The van der Waals surface area contributed by atoms with Crippen LogP contribution in [0.5, 0.6) is 0 Å². The zero-order chi connectivity index (χ0) is 29.3. The summed E-state index contributed by atoms with van der Waals surface area (Å²) in [7, 11) is 3.67. The van der Waals surface area contributed by atoms with E-state index in [9.17, 15) is 22.8 Å². The molecule has 14 heteroatoms. The predicted molar refractivity (Wildman–Crippen MR) is 150 cm³/mol. The molecule has 1 saturated heterocycles. The number of halogens is 3. The van der Waals surface area contributed by atoms with Crippen molar-refractivity contribution in [3.63, 3.8) is 0 Å². The van der Waals surface area contributed by atoms with Crippen LogP contribution in [0.4, 0.5) is 30.6 Å². The van der Waals surface area contributed by atoms with E-state index in [1.807, 2.05) is 11.9 Å². The highest BCUT2D eigenvalue weighted by molar-refractivity contribution is 5.93. The molecule has 0 unspecified atom stereocenters. The number of alkyl halides is 3. The normalized spacial score (nSPS) is 14.9. The fraction of sp³-hybridized carbons (Fsp3) is 0.333. The lowest BCUT2D eigenvalue weighted by Gasteiger charge is -2.33. The van der Waals surface area contributed by atoms with Crippen LogP contribution in [0.25, 0.3) is 22.2 Å². The summed E-state index contributed by atoms with van der Waals surface area (Å²) in [6, 6.07) is 10.8. The molecule has 1 fully saturated rings. The number of aromatic amines is 1. The molecule has 2 aromatic heterocycles. The summed E-state index contributed by atoms with van der Waals surface area (Å²) in [5.41, 5.74) is 6.62. The van der Waals surface area contributed by atoms with E-state index in [-0.39, 0.29) is 41.7 Å². The Morgan fingerprint density at radius 3 is 2.56 bits per heavy atom. The van der Waals surface area contributed by atoms with Crippen molar-refractivity contribution in [3.05, 3.63) is 63.9 Å². The third kappa shape index (κ3) is 6.49. The van der Waals surface area contributed by atoms with Gasteiger partial charge in [0.2, 0.25) is 11.9 Å². The minimum Gasteiger partial charge on any atom is -0.376 e. The lowest BCUT2D eigenvalue weighted by Crippen LogP contribution is -2.44. The van der Waals surface area contributed by atoms with E-state index >= 15 is 0 Å². The lowest BCUT2D eigenvalue weighted by molar-refractivity contribution is -0.138. The number of nitrogens with zero attached hydrogens (tertiary/aromatic N) is 5. The molecule has 4 aromatic rings. The van der Waals surface area contributed by atoms with Crippen LogP contribution in [-0.4, -0.2) is 75.2 Å². The Hall–Kier alpha value is -4.43. The molecule has 0 spiro atoms. The van der Waals surface area contributed by atoms with Crippen LogP contribution in [0.15, 0.2) is 47.3 Å². The molecule has 5 N–H and O–H groups in total. The second kappa shape index (κ2) is 11.2. The highest BCUT2D eigenvalue weighted by Crippen LogP contribution is 2.34. The van der Waals surface area contributed by atoms with Gasteiger partial charge in [-0.1, -0.05) is 12.1 Å². The molecule has 0 radical (unpaired) electrons. The average molecular weight is 570 g/mol. The van der Waals surface area contributed by atoms with Crippen LogP contribution in [0.2, 0.25) is 0 Å². The van der Waals surface area contributed by atoms with Gasteiger partial charge in [0, 0.05) is 57.1 Å². The van der Waals surface area contributed by atoms with E-state index in [4.69, 9.17) is 5.73 Å². The van der Waals surface area contributed by atoms with Gasteiger partial charge in [0.1, 0.15) is 0 Å². The minimum atomic E-state index is -4.53. The van der Waals surface area contributed by atoms with Crippen molar-refractivity contribution in [2.45, 2.75) is 12.7 Å². The van der Waals surface area contributed by atoms with Crippen molar-refractivity contribution in [1.29, 1.82) is 0 Å². The number of carbonyl (C=O) groups is 1. The van der Waals surface area contributed by atoms with Gasteiger partial charge in [-0.05, 0) is 36.9 Å². The standard InChI is InChI=1S/C27H30F3N9O2/c1-37-7-9-39(10-8-37)15-17-3-5-18(12-20(17)27(28,29)30)32-14-24(40)34-23-13-22(38(2)36-23)16-4-6-21-19(11-16)25(41)35-26(31)33-21/h3-6,11-13,32H,7-10,14-15H2,1-2H3,(H,34,36,40)(H3,31,33,35,41). The van der Waals surface area contributed by atoms with Gasteiger partial charge in [-0.3, -0.25) is 24.2 Å². The van der Waals surface area contributed by atoms with E-state index in [1.54, 1.807) is 37.4 Å². The van der Waals surface area contributed by atoms with E-state index < -0.39 is 17.6 Å². The van der Waals surface area contributed by atoms with Gasteiger partial charge >= 0.3 is 6.18 Å². The highest BCUT2D eigenvalue weighted by atomic mass is 19.4. The summed E-state index contributed by atoms with van der Waals surface area (Å²) in [5, 5.41) is 10.1. The predicted octanol–water partition coefficient (Wildman–Crippen LogP) is 2.72. The Morgan fingerprint density at radius 1 is 1.07 bits per heavy atom. The molecule has 0 saturated carbocycles. The fourth-order valence-electron chi connectivity index (χ4n) is 4.82. The highest BCUT2D eigenvalue weighted by Gasteiger charge is 2.34. The molecule has 3 heterocycles. The van der Waals surface area contributed by atoms with E-state index in [0.717, 1.165) is 19.2 Å². The maximum absolute atomic E-state index is 13.9. The van der Waals surface area contributed by atoms with Crippen molar-refractivity contribution >= 4 is 34.3 Å². The number of rotatable bonds is 7. The number of piperazine rings is 1. The first-order valence-corrected chi connectivity index (χ1v) is 12.9.